The van der Waals surface area contributed by atoms with Crippen LogP contribution in [0.25, 0.3) is 0 Å². The molecule has 0 N–H and O–H groups in total. The van der Waals surface area contributed by atoms with Gasteiger partial charge in [-0.3, -0.25) is 4.79 Å². The summed E-state index contributed by atoms with van der Waals surface area (Å²) in [6, 6.07) is 3.76. The Morgan fingerprint density at radius 2 is 2.30 bits per heavy atom. The number of halogens is 1. The van der Waals surface area contributed by atoms with Crippen LogP contribution < -0.4 is 0 Å². The van der Waals surface area contributed by atoms with Gasteiger partial charge in [-0.15, -0.1) is 0 Å². The van der Waals surface area contributed by atoms with Crippen molar-refractivity contribution in [2.45, 2.75) is 31.3 Å². The molecule has 2 aliphatic rings. The Balaban J connectivity index is 1.73. The Kier molecular flexibility index (Phi) is 2.66. The van der Waals surface area contributed by atoms with Crippen LogP contribution in [0, 0.1) is 0 Å². The highest BCUT2D eigenvalue weighted by atomic mass is 79.9. The van der Waals surface area contributed by atoms with E-state index in [1.807, 2.05) is 11.1 Å². The molecule has 2 aromatic rings. The van der Waals surface area contributed by atoms with Crippen LogP contribution in [-0.2, 0) is 6.42 Å². The van der Waals surface area contributed by atoms with Crippen molar-refractivity contribution in [3.8, 4) is 0 Å². The van der Waals surface area contributed by atoms with Crippen LogP contribution in [0.2, 0.25) is 0 Å². The van der Waals surface area contributed by atoms with Gasteiger partial charge in [-0.1, -0.05) is 0 Å². The van der Waals surface area contributed by atoms with Crippen molar-refractivity contribution in [3.63, 3.8) is 0 Å². The summed E-state index contributed by atoms with van der Waals surface area (Å²) < 4.78 is 5.98. The monoisotopic (exact) mass is 333 g/mol. The van der Waals surface area contributed by atoms with E-state index in [0.29, 0.717) is 10.4 Å². The first kappa shape index (κ1) is 12.1. The second-order valence-electron chi connectivity index (χ2n) is 5.19. The number of hydrogen-bond donors (Lipinski definition) is 0. The average Bonchev–Trinajstić information content (AvgIpc) is 3.02. The number of rotatable bonds is 1. The van der Waals surface area contributed by atoms with Gasteiger partial charge in [0, 0.05) is 24.2 Å². The van der Waals surface area contributed by atoms with Crippen LogP contribution in [0.1, 0.15) is 40.7 Å². The van der Waals surface area contributed by atoms with Crippen molar-refractivity contribution in [1.82, 2.24) is 14.9 Å². The maximum absolute atomic E-state index is 12.7. The maximum Gasteiger partial charge on any atom is 0.290 e. The van der Waals surface area contributed by atoms with E-state index in [-0.39, 0.29) is 18.0 Å². The Morgan fingerprint density at radius 1 is 1.40 bits per heavy atom. The van der Waals surface area contributed by atoms with Gasteiger partial charge in [0.25, 0.3) is 5.91 Å². The van der Waals surface area contributed by atoms with Gasteiger partial charge in [0.1, 0.15) is 6.33 Å². The van der Waals surface area contributed by atoms with Gasteiger partial charge in [-0.2, -0.15) is 0 Å². The first-order valence-corrected chi connectivity index (χ1v) is 7.40. The zero-order valence-electron chi connectivity index (χ0n) is 10.6. The SMILES string of the molecule is O=C(c1ccc(Br)o1)N1[C@H]2CC[C@H]1c1cncnc1C2. The largest absolute Gasteiger partial charge is 0.444 e. The fourth-order valence-electron chi connectivity index (χ4n) is 3.29. The van der Waals surface area contributed by atoms with E-state index in [9.17, 15) is 4.79 Å². The molecule has 4 heterocycles. The third-order valence-corrected chi connectivity index (χ3v) is 4.56. The lowest BCUT2D eigenvalue weighted by atomic mass is 9.99. The minimum absolute atomic E-state index is 0.0438. The standard InChI is InChI=1S/C14H12BrN3O2/c15-13-4-3-12(20-13)14(19)18-8-1-2-11(18)9-6-16-7-17-10(9)5-8/h3-4,6-8,11H,1-2,5H2/t8-,11-/m0/s1. The fourth-order valence-corrected chi connectivity index (χ4v) is 3.60. The van der Waals surface area contributed by atoms with E-state index in [4.69, 9.17) is 4.42 Å². The second kappa shape index (κ2) is 4.41. The molecule has 20 heavy (non-hydrogen) atoms. The van der Waals surface area contributed by atoms with Crippen molar-refractivity contribution >= 4 is 21.8 Å². The Labute approximate surface area is 124 Å². The molecule has 2 aliphatic heterocycles. The molecular formula is C14H12BrN3O2. The third kappa shape index (κ3) is 1.71. The lowest BCUT2D eigenvalue weighted by Crippen LogP contribution is -2.42. The topological polar surface area (TPSA) is 59.2 Å². The van der Waals surface area contributed by atoms with Crippen molar-refractivity contribution in [1.29, 1.82) is 0 Å². The highest BCUT2D eigenvalue weighted by Gasteiger charge is 2.44. The van der Waals surface area contributed by atoms with E-state index in [1.54, 1.807) is 18.5 Å². The summed E-state index contributed by atoms with van der Waals surface area (Å²) in [6.45, 7) is 0. The second-order valence-corrected chi connectivity index (χ2v) is 5.97. The summed E-state index contributed by atoms with van der Waals surface area (Å²) in [4.78, 5) is 23.1. The van der Waals surface area contributed by atoms with E-state index < -0.39 is 0 Å². The molecule has 1 saturated heterocycles. The summed E-state index contributed by atoms with van der Waals surface area (Å²) >= 11 is 3.24. The van der Waals surface area contributed by atoms with Crippen molar-refractivity contribution < 1.29 is 9.21 Å². The zero-order chi connectivity index (χ0) is 13.7. The summed E-state index contributed by atoms with van der Waals surface area (Å²) in [5, 5.41) is 0. The first-order chi connectivity index (χ1) is 9.74. The number of fused-ring (bicyclic) bond motifs is 4. The van der Waals surface area contributed by atoms with Gasteiger partial charge in [0.15, 0.2) is 10.4 Å². The van der Waals surface area contributed by atoms with Crippen molar-refractivity contribution in [2.75, 3.05) is 0 Å². The summed E-state index contributed by atoms with van der Waals surface area (Å²) in [5.74, 6) is 0.340. The minimum atomic E-state index is -0.0438. The number of amides is 1. The third-order valence-electron chi connectivity index (χ3n) is 4.14. The lowest BCUT2D eigenvalue weighted by Gasteiger charge is -2.34. The van der Waals surface area contributed by atoms with Gasteiger partial charge < -0.3 is 9.32 Å². The van der Waals surface area contributed by atoms with E-state index in [1.165, 1.54) is 0 Å². The predicted molar refractivity (Wildman–Crippen MR) is 74.1 cm³/mol. The van der Waals surface area contributed by atoms with Crippen molar-refractivity contribution in [2.24, 2.45) is 0 Å². The molecule has 2 bridgehead atoms. The molecule has 2 atom stereocenters. The normalized spacial score (nSPS) is 23.8. The Hall–Kier alpha value is -1.69. The molecule has 0 spiro atoms. The molecule has 0 unspecified atom stereocenters. The summed E-state index contributed by atoms with van der Waals surface area (Å²) in [6.07, 6.45) is 6.21. The van der Waals surface area contributed by atoms with Crippen LogP contribution in [0.15, 0.2) is 33.7 Å². The molecule has 0 aliphatic carbocycles. The molecule has 102 valence electrons. The minimum Gasteiger partial charge on any atom is -0.444 e. The van der Waals surface area contributed by atoms with Crippen molar-refractivity contribution in [3.05, 3.63) is 46.3 Å². The molecule has 6 heteroatoms. The van der Waals surface area contributed by atoms with Crippen LogP contribution >= 0.6 is 15.9 Å². The molecule has 5 nitrogen and oxygen atoms in total. The molecule has 2 aromatic heterocycles. The predicted octanol–water partition coefficient (Wildman–Crippen LogP) is 2.73. The summed E-state index contributed by atoms with van der Waals surface area (Å²) in [7, 11) is 0. The van der Waals surface area contributed by atoms with Crippen LogP contribution in [-0.4, -0.2) is 26.8 Å². The van der Waals surface area contributed by atoms with Gasteiger partial charge in [0.05, 0.1) is 11.7 Å². The number of carbonyl (C=O) groups excluding carboxylic acids is 1. The molecule has 4 rings (SSSR count). The molecule has 1 fully saturated rings. The van der Waals surface area contributed by atoms with Gasteiger partial charge in [-0.25, -0.2) is 9.97 Å². The van der Waals surface area contributed by atoms with Gasteiger partial charge in [0.2, 0.25) is 0 Å². The number of carbonyl (C=O) groups is 1. The van der Waals surface area contributed by atoms with Crippen LogP contribution in [0.3, 0.4) is 0 Å². The first-order valence-electron chi connectivity index (χ1n) is 6.61. The Morgan fingerprint density at radius 3 is 3.10 bits per heavy atom. The number of nitrogens with zero attached hydrogens (tertiary/aromatic N) is 3. The van der Waals surface area contributed by atoms with Gasteiger partial charge >= 0.3 is 0 Å². The quantitative estimate of drug-likeness (QED) is 0.805. The molecule has 1 amide bonds. The molecule has 0 aromatic carbocycles. The molecule has 0 saturated carbocycles. The zero-order valence-corrected chi connectivity index (χ0v) is 12.2. The molecule has 0 radical (unpaired) electrons. The number of aromatic nitrogens is 2. The fraction of sp³-hybridized carbons (Fsp3) is 0.357. The van der Waals surface area contributed by atoms with Crippen LogP contribution in [0.4, 0.5) is 0 Å². The highest BCUT2D eigenvalue weighted by Crippen LogP contribution is 2.43. The number of hydrogen-bond acceptors (Lipinski definition) is 4. The molecular weight excluding hydrogens is 322 g/mol. The maximum atomic E-state index is 12.7. The highest BCUT2D eigenvalue weighted by molar-refractivity contribution is 9.10. The van der Waals surface area contributed by atoms with E-state index in [2.05, 4.69) is 25.9 Å². The van der Waals surface area contributed by atoms with E-state index in [0.717, 1.165) is 30.5 Å². The smallest absolute Gasteiger partial charge is 0.290 e. The Bertz CT molecular complexity index is 685. The summed E-state index contributed by atoms with van der Waals surface area (Å²) in [5.41, 5.74) is 2.16. The van der Waals surface area contributed by atoms with Crippen LogP contribution in [0.5, 0.6) is 0 Å². The lowest BCUT2D eigenvalue weighted by molar-refractivity contribution is 0.0609. The van der Waals surface area contributed by atoms with E-state index >= 15 is 0 Å². The van der Waals surface area contributed by atoms with Gasteiger partial charge in [-0.05, 0) is 40.9 Å². The average molecular weight is 334 g/mol. The number of furan rings is 1.